The Morgan fingerprint density at radius 2 is 1.82 bits per heavy atom. The highest BCUT2D eigenvalue weighted by Gasteiger charge is 2.25. The average Bonchev–Trinajstić information content (AvgIpc) is 2.26. The average molecular weight is 277 g/mol. The molecule has 0 bridgehead atoms. The third kappa shape index (κ3) is 3.78. The van der Waals surface area contributed by atoms with Gasteiger partial charge < -0.3 is 0 Å². The lowest BCUT2D eigenvalue weighted by atomic mass is 10.1. The Balaban J connectivity index is 3.02. The van der Waals surface area contributed by atoms with Gasteiger partial charge in [0.05, 0.1) is 0 Å². The van der Waals surface area contributed by atoms with Crippen LogP contribution in [-0.2, 0) is 15.0 Å². The number of hydrogen-bond acceptors (Lipinski definition) is 3. The minimum atomic E-state index is -3.71. The fourth-order valence-electron chi connectivity index (χ4n) is 1.15. The molecule has 0 aliphatic heterocycles. The van der Waals surface area contributed by atoms with E-state index in [0.29, 0.717) is 5.56 Å². The van der Waals surface area contributed by atoms with Crippen molar-refractivity contribution in [2.24, 2.45) is 0 Å². The van der Waals surface area contributed by atoms with Gasteiger partial charge in [-0.3, -0.25) is 4.79 Å². The lowest BCUT2D eigenvalue weighted by Gasteiger charge is -2.18. The van der Waals surface area contributed by atoms with Crippen LogP contribution in [0.25, 0.3) is 0 Å². The van der Waals surface area contributed by atoms with Crippen LogP contribution in [0, 0.1) is 0 Å². The van der Waals surface area contributed by atoms with Gasteiger partial charge in [0.15, 0.2) is 0 Å². The van der Waals surface area contributed by atoms with Gasteiger partial charge in [0.1, 0.15) is 6.04 Å². The van der Waals surface area contributed by atoms with Crippen LogP contribution in [0.2, 0.25) is 0 Å². The van der Waals surface area contributed by atoms with Crippen molar-refractivity contribution in [3.63, 3.8) is 0 Å². The molecule has 1 atom stereocenters. The van der Waals surface area contributed by atoms with Gasteiger partial charge in [-0.1, -0.05) is 30.3 Å². The highest BCUT2D eigenvalue weighted by atomic mass is 35.5. The molecule has 0 radical (unpaired) electrons. The molecular formula is C10H13ClN2O3S. The van der Waals surface area contributed by atoms with E-state index in [2.05, 4.69) is 4.72 Å². The fraction of sp³-hybridized carbons (Fsp3) is 0.300. The van der Waals surface area contributed by atoms with E-state index in [9.17, 15) is 13.2 Å². The maximum Gasteiger partial charge on any atom is 0.279 e. The second-order valence-corrected chi connectivity index (χ2v) is 5.84. The zero-order valence-electron chi connectivity index (χ0n) is 9.42. The second kappa shape index (κ2) is 5.59. The number of carbonyl (C=O) groups excluding carboxylic acids is 1. The topological polar surface area (TPSA) is 66.5 Å². The van der Waals surface area contributed by atoms with Gasteiger partial charge in [0.2, 0.25) is 5.24 Å². The molecule has 94 valence electrons. The standard InChI is InChI=1S/C10H13ClN2O3S/c1-13(2)17(15,16)12-9(10(11)14)8-6-4-3-5-7-8/h3-7,9,12H,1-2H3. The van der Waals surface area contributed by atoms with Gasteiger partial charge in [-0.05, 0) is 17.2 Å². The predicted octanol–water partition coefficient (Wildman–Crippen LogP) is 0.889. The van der Waals surface area contributed by atoms with Crippen LogP contribution >= 0.6 is 11.6 Å². The first-order chi connectivity index (χ1) is 7.84. The smallest absolute Gasteiger partial charge is 0.279 e. The van der Waals surface area contributed by atoms with E-state index in [1.165, 1.54) is 14.1 Å². The first kappa shape index (κ1) is 14.1. The van der Waals surface area contributed by atoms with Crippen LogP contribution in [-0.4, -0.2) is 32.1 Å². The van der Waals surface area contributed by atoms with Crippen molar-refractivity contribution in [2.75, 3.05) is 14.1 Å². The van der Waals surface area contributed by atoms with Gasteiger partial charge in [-0.15, -0.1) is 0 Å². The molecule has 0 aromatic heterocycles. The highest BCUT2D eigenvalue weighted by Crippen LogP contribution is 2.17. The van der Waals surface area contributed by atoms with E-state index in [0.717, 1.165) is 4.31 Å². The maximum absolute atomic E-state index is 11.6. The number of hydrogen-bond donors (Lipinski definition) is 1. The van der Waals surface area contributed by atoms with Crippen molar-refractivity contribution < 1.29 is 13.2 Å². The SMILES string of the molecule is CN(C)S(=O)(=O)NC(C(=O)Cl)c1ccccc1. The molecule has 1 unspecified atom stereocenters. The van der Waals surface area contributed by atoms with Gasteiger partial charge in [0.25, 0.3) is 10.2 Å². The second-order valence-electron chi connectivity index (χ2n) is 3.55. The Labute approximate surface area is 106 Å². The highest BCUT2D eigenvalue weighted by molar-refractivity contribution is 7.87. The molecular weight excluding hydrogens is 264 g/mol. The quantitative estimate of drug-likeness (QED) is 0.812. The van der Waals surface area contributed by atoms with Crippen LogP contribution in [0.5, 0.6) is 0 Å². The van der Waals surface area contributed by atoms with Gasteiger partial charge in [-0.25, -0.2) is 0 Å². The van der Waals surface area contributed by atoms with E-state index in [-0.39, 0.29) is 0 Å². The summed E-state index contributed by atoms with van der Waals surface area (Å²) in [6.45, 7) is 0. The molecule has 0 heterocycles. The molecule has 0 fully saturated rings. The van der Waals surface area contributed by atoms with Crippen molar-refractivity contribution >= 4 is 27.1 Å². The zero-order valence-corrected chi connectivity index (χ0v) is 11.0. The summed E-state index contributed by atoms with van der Waals surface area (Å²) in [5, 5.41) is -0.776. The normalized spacial score (nSPS) is 13.6. The van der Waals surface area contributed by atoms with E-state index in [1.54, 1.807) is 30.3 Å². The van der Waals surface area contributed by atoms with Crippen LogP contribution in [0.3, 0.4) is 0 Å². The minimum absolute atomic E-state index is 0.498. The monoisotopic (exact) mass is 276 g/mol. The largest absolute Gasteiger partial charge is 0.279 e. The molecule has 1 N–H and O–H groups in total. The van der Waals surface area contributed by atoms with Crippen molar-refractivity contribution in [1.82, 2.24) is 9.03 Å². The molecule has 0 aliphatic rings. The molecule has 1 aromatic carbocycles. The summed E-state index contributed by atoms with van der Waals surface area (Å²) in [7, 11) is -0.984. The lowest BCUT2D eigenvalue weighted by molar-refractivity contribution is -0.113. The third-order valence-electron chi connectivity index (χ3n) is 2.11. The Bertz CT molecular complexity index is 488. The van der Waals surface area contributed by atoms with E-state index in [1.807, 2.05) is 0 Å². The summed E-state index contributed by atoms with van der Waals surface area (Å²) < 4.78 is 26.4. The minimum Gasteiger partial charge on any atom is -0.279 e. The molecule has 17 heavy (non-hydrogen) atoms. The number of halogens is 1. The van der Waals surface area contributed by atoms with Crippen molar-refractivity contribution in [3.05, 3.63) is 35.9 Å². The maximum atomic E-state index is 11.6. The van der Waals surface area contributed by atoms with Crippen LogP contribution < -0.4 is 4.72 Å². The Morgan fingerprint density at radius 3 is 2.24 bits per heavy atom. The molecule has 1 aromatic rings. The van der Waals surface area contributed by atoms with Crippen molar-refractivity contribution in [1.29, 1.82) is 0 Å². The number of rotatable bonds is 5. The lowest BCUT2D eigenvalue weighted by Crippen LogP contribution is -2.39. The first-order valence-corrected chi connectivity index (χ1v) is 6.60. The molecule has 0 aliphatic carbocycles. The summed E-state index contributed by atoms with van der Waals surface area (Å²) >= 11 is 5.40. The summed E-state index contributed by atoms with van der Waals surface area (Å²) in [6, 6.07) is 7.34. The Kier molecular flexibility index (Phi) is 4.64. The number of benzene rings is 1. The number of nitrogens with one attached hydrogen (secondary N) is 1. The Hall–Kier alpha value is -0.950. The summed E-state index contributed by atoms with van der Waals surface area (Å²) in [5.74, 6) is 0. The van der Waals surface area contributed by atoms with Crippen LogP contribution in [0.4, 0.5) is 0 Å². The zero-order chi connectivity index (χ0) is 13.1. The van der Waals surface area contributed by atoms with Gasteiger partial charge >= 0.3 is 0 Å². The third-order valence-corrected chi connectivity index (χ3v) is 3.82. The Morgan fingerprint density at radius 1 is 1.29 bits per heavy atom. The van der Waals surface area contributed by atoms with E-state index in [4.69, 9.17) is 11.6 Å². The molecule has 5 nitrogen and oxygen atoms in total. The van der Waals surface area contributed by atoms with Gasteiger partial charge in [0, 0.05) is 14.1 Å². The fourth-order valence-corrected chi connectivity index (χ4v) is 2.14. The molecule has 0 saturated heterocycles. The van der Waals surface area contributed by atoms with Crippen LogP contribution in [0.1, 0.15) is 11.6 Å². The summed E-state index contributed by atoms with van der Waals surface area (Å²) in [4.78, 5) is 11.3. The van der Waals surface area contributed by atoms with E-state index >= 15 is 0 Å². The predicted molar refractivity (Wildman–Crippen MR) is 65.8 cm³/mol. The van der Waals surface area contributed by atoms with Gasteiger partial charge in [-0.2, -0.15) is 17.4 Å². The number of nitrogens with zero attached hydrogens (tertiary/aromatic N) is 1. The van der Waals surface area contributed by atoms with Crippen LogP contribution in [0.15, 0.2) is 30.3 Å². The molecule has 0 amide bonds. The molecule has 0 spiro atoms. The van der Waals surface area contributed by atoms with E-state index < -0.39 is 21.5 Å². The molecule has 1 rings (SSSR count). The first-order valence-electron chi connectivity index (χ1n) is 4.78. The molecule has 7 heteroatoms. The van der Waals surface area contributed by atoms with Crippen molar-refractivity contribution in [2.45, 2.75) is 6.04 Å². The number of carbonyl (C=O) groups is 1. The van der Waals surface area contributed by atoms with Crippen molar-refractivity contribution in [3.8, 4) is 0 Å². The summed E-state index contributed by atoms with van der Waals surface area (Å²) in [6.07, 6.45) is 0. The summed E-state index contributed by atoms with van der Waals surface area (Å²) in [5.41, 5.74) is 0.498. The molecule has 0 saturated carbocycles.